The van der Waals surface area contributed by atoms with Crippen LogP contribution in [0.5, 0.6) is 11.5 Å². The molecule has 9 heteroatoms. The monoisotopic (exact) mass is 577 g/mol. The Hall–Kier alpha value is -3.23. The number of anilines is 1. The van der Waals surface area contributed by atoms with Crippen LogP contribution < -0.4 is 9.64 Å². The van der Waals surface area contributed by atoms with Crippen LogP contribution in [0, 0.1) is 29.0 Å². The van der Waals surface area contributed by atoms with Gasteiger partial charge in [0, 0.05) is 49.6 Å². The molecule has 0 N–H and O–H groups in total. The minimum absolute atomic E-state index is 0.0393. The first-order valence-electron chi connectivity index (χ1n) is 15.8. The Balaban J connectivity index is 1.18. The van der Waals surface area contributed by atoms with Gasteiger partial charge < -0.3 is 19.4 Å². The average Bonchev–Trinajstić information content (AvgIpc) is 3.60. The van der Waals surface area contributed by atoms with E-state index in [0.717, 1.165) is 51.4 Å². The number of ether oxygens (including phenoxy) is 1. The summed E-state index contributed by atoms with van der Waals surface area (Å²) in [6.07, 6.45) is 11.2. The van der Waals surface area contributed by atoms with E-state index in [1.165, 1.54) is 50.2 Å². The summed E-state index contributed by atoms with van der Waals surface area (Å²) < 4.78 is 20.7. The Kier molecular flexibility index (Phi) is 7.87. The highest BCUT2D eigenvalue weighted by molar-refractivity contribution is 5.97. The Labute approximate surface area is 248 Å². The van der Waals surface area contributed by atoms with Gasteiger partial charge in [-0.05, 0) is 89.8 Å². The number of rotatable bonds is 7. The summed E-state index contributed by atoms with van der Waals surface area (Å²) in [6, 6.07) is 3.93. The van der Waals surface area contributed by atoms with E-state index in [-0.39, 0.29) is 40.6 Å². The summed E-state index contributed by atoms with van der Waals surface area (Å²) in [5.74, 6) is 2.52. The second kappa shape index (κ2) is 11.5. The zero-order valence-corrected chi connectivity index (χ0v) is 25.4. The van der Waals surface area contributed by atoms with Gasteiger partial charge in [-0.1, -0.05) is 12.8 Å². The first-order chi connectivity index (χ1) is 20.1. The lowest BCUT2D eigenvalue weighted by molar-refractivity contribution is -0.140. The second-order valence-electron chi connectivity index (χ2n) is 13.7. The molecular formula is C33H44FN5O3. The van der Waals surface area contributed by atoms with Crippen LogP contribution in [-0.4, -0.2) is 69.8 Å². The van der Waals surface area contributed by atoms with E-state index in [2.05, 4.69) is 19.8 Å². The molecule has 5 fully saturated rings. The number of amides is 2. The van der Waals surface area contributed by atoms with E-state index >= 15 is 0 Å². The van der Waals surface area contributed by atoms with Gasteiger partial charge in [-0.3, -0.25) is 9.59 Å². The Morgan fingerprint density at radius 2 is 1.76 bits per heavy atom. The number of hydrogen-bond donors (Lipinski definition) is 0. The largest absolute Gasteiger partial charge is 0.451 e. The third kappa shape index (κ3) is 5.47. The van der Waals surface area contributed by atoms with Gasteiger partial charge in [0.05, 0.1) is 11.8 Å². The molecule has 2 atom stereocenters. The molecule has 7 rings (SSSR count). The molecule has 3 saturated carbocycles. The van der Waals surface area contributed by atoms with Gasteiger partial charge in [0.15, 0.2) is 11.6 Å². The minimum Gasteiger partial charge on any atom is -0.451 e. The van der Waals surface area contributed by atoms with E-state index < -0.39 is 5.82 Å². The first kappa shape index (κ1) is 28.9. The smallest absolute Gasteiger partial charge is 0.258 e. The van der Waals surface area contributed by atoms with Crippen molar-refractivity contribution in [3.8, 4) is 11.5 Å². The lowest BCUT2D eigenvalue weighted by atomic mass is 9.64. The topological polar surface area (TPSA) is 78.9 Å². The van der Waals surface area contributed by atoms with E-state index in [1.54, 1.807) is 11.1 Å². The standard InChI is InChI=1S/C33H44FN5O3/c1-21(2)39(22(3)4)32(41)27-16-25(34)9-10-28(27)42-29-17-35-20-36-30(29)37-13-11-33(18-37)12-14-38(19-33)31(40)26-15-23-5-7-24(26)8-6-23/h9-10,16-17,20-24,26H,5-8,11-15,18-19H2,1-4H3/t23?,24?,26-,33?/m0/s1. The Morgan fingerprint density at radius 1 is 1.02 bits per heavy atom. The number of benzene rings is 1. The van der Waals surface area contributed by atoms with Gasteiger partial charge in [0.1, 0.15) is 17.9 Å². The van der Waals surface area contributed by atoms with Gasteiger partial charge in [-0.2, -0.15) is 0 Å². The number of likely N-dealkylation sites (tertiary alicyclic amines) is 1. The van der Waals surface area contributed by atoms with Crippen LogP contribution in [-0.2, 0) is 4.79 Å². The highest BCUT2D eigenvalue weighted by atomic mass is 19.1. The predicted molar refractivity (Wildman–Crippen MR) is 159 cm³/mol. The molecule has 1 unspecified atom stereocenters. The molecule has 2 bridgehead atoms. The number of fused-ring (bicyclic) bond motifs is 3. The summed E-state index contributed by atoms with van der Waals surface area (Å²) in [5, 5.41) is 0. The van der Waals surface area contributed by atoms with Crippen LogP contribution in [0.25, 0.3) is 0 Å². The van der Waals surface area contributed by atoms with Crippen LogP contribution in [0.3, 0.4) is 0 Å². The van der Waals surface area contributed by atoms with Crippen molar-refractivity contribution < 1.29 is 18.7 Å². The Morgan fingerprint density at radius 3 is 2.45 bits per heavy atom. The van der Waals surface area contributed by atoms with Crippen molar-refractivity contribution >= 4 is 17.6 Å². The fraction of sp³-hybridized carbons (Fsp3) is 0.636. The maximum absolute atomic E-state index is 14.4. The maximum Gasteiger partial charge on any atom is 0.258 e. The molecule has 2 aliphatic heterocycles. The number of halogens is 1. The molecule has 1 spiro atoms. The molecule has 2 aromatic rings. The normalized spacial score (nSPS) is 27.0. The molecular weight excluding hydrogens is 533 g/mol. The highest BCUT2D eigenvalue weighted by Gasteiger charge is 2.48. The van der Waals surface area contributed by atoms with Crippen molar-refractivity contribution in [2.75, 3.05) is 31.1 Å². The van der Waals surface area contributed by atoms with Crippen LogP contribution in [0.4, 0.5) is 10.2 Å². The maximum atomic E-state index is 14.4. The van der Waals surface area contributed by atoms with Crippen LogP contribution >= 0.6 is 0 Å². The SMILES string of the molecule is CC(C)N(C(=O)c1cc(F)ccc1Oc1cncnc1N1CCC2(CCN(C(=O)[C@H]3CC4CCC3CC4)C2)C1)C(C)C. The molecule has 2 amide bonds. The summed E-state index contributed by atoms with van der Waals surface area (Å²) >= 11 is 0. The van der Waals surface area contributed by atoms with Crippen LogP contribution in [0.2, 0.25) is 0 Å². The van der Waals surface area contributed by atoms with E-state index in [1.807, 2.05) is 27.7 Å². The van der Waals surface area contributed by atoms with E-state index in [0.29, 0.717) is 23.4 Å². The number of carbonyl (C=O) groups excluding carboxylic acids is 2. The van der Waals surface area contributed by atoms with Crippen LogP contribution in [0.15, 0.2) is 30.7 Å². The summed E-state index contributed by atoms with van der Waals surface area (Å²) in [6.45, 7) is 11.0. The third-order valence-electron chi connectivity index (χ3n) is 10.3. The quantitative estimate of drug-likeness (QED) is 0.406. The average molecular weight is 578 g/mol. The van der Waals surface area contributed by atoms with Crippen molar-refractivity contribution in [2.24, 2.45) is 23.2 Å². The molecule has 3 aliphatic carbocycles. The fourth-order valence-electron chi connectivity index (χ4n) is 8.19. The summed E-state index contributed by atoms with van der Waals surface area (Å²) in [5.41, 5.74) is 0.212. The molecule has 3 heterocycles. The molecule has 2 saturated heterocycles. The summed E-state index contributed by atoms with van der Waals surface area (Å²) in [4.78, 5) is 42.0. The van der Waals surface area contributed by atoms with Crippen molar-refractivity contribution in [1.29, 1.82) is 0 Å². The highest BCUT2D eigenvalue weighted by Crippen LogP contribution is 2.48. The van der Waals surface area contributed by atoms with Gasteiger partial charge in [0.25, 0.3) is 5.91 Å². The Bertz CT molecular complexity index is 1320. The fourth-order valence-corrected chi connectivity index (χ4v) is 8.19. The number of hydrogen-bond acceptors (Lipinski definition) is 6. The minimum atomic E-state index is -0.495. The molecule has 226 valence electrons. The van der Waals surface area contributed by atoms with E-state index in [9.17, 15) is 14.0 Å². The molecule has 1 aromatic carbocycles. The van der Waals surface area contributed by atoms with Gasteiger partial charge >= 0.3 is 0 Å². The zero-order valence-electron chi connectivity index (χ0n) is 25.4. The van der Waals surface area contributed by atoms with Crippen molar-refractivity contribution in [3.05, 3.63) is 42.1 Å². The first-order valence-corrected chi connectivity index (χ1v) is 15.8. The lowest BCUT2D eigenvalue weighted by Crippen LogP contribution is -2.44. The van der Waals surface area contributed by atoms with Crippen molar-refractivity contribution in [1.82, 2.24) is 19.8 Å². The van der Waals surface area contributed by atoms with Gasteiger partial charge in [-0.15, -0.1) is 0 Å². The van der Waals surface area contributed by atoms with Gasteiger partial charge in [0.2, 0.25) is 5.91 Å². The van der Waals surface area contributed by atoms with Crippen LogP contribution in [0.1, 0.15) is 83.0 Å². The zero-order chi connectivity index (χ0) is 29.6. The number of aromatic nitrogens is 2. The van der Waals surface area contributed by atoms with Gasteiger partial charge in [-0.25, -0.2) is 14.4 Å². The molecule has 8 nitrogen and oxygen atoms in total. The van der Waals surface area contributed by atoms with Crippen molar-refractivity contribution in [3.63, 3.8) is 0 Å². The molecule has 0 radical (unpaired) electrons. The predicted octanol–water partition coefficient (Wildman–Crippen LogP) is 5.92. The summed E-state index contributed by atoms with van der Waals surface area (Å²) in [7, 11) is 0. The van der Waals surface area contributed by atoms with E-state index in [4.69, 9.17) is 4.74 Å². The van der Waals surface area contributed by atoms with Crippen molar-refractivity contribution in [2.45, 2.75) is 84.7 Å². The molecule has 42 heavy (non-hydrogen) atoms. The molecule has 1 aromatic heterocycles. The molecule has 5 aliphatic rings. The number of carbonyl (C=O) groups is 2. The second-order valence-corrected chi connectivity index (χ2v) is 13.7. The third-order valence-corrected chi connectivity index (χ3v) is 10.3. The lowest BCUT2D eigenvalue weighted by Gasteiger charge is -2.42. The number of nitrogens with zero attached hydrogens (tertiary/aromatic N) is 5.